The van der Waals surface area contributed by atoms with Gasteiger partial charge in [-0.05, 0) is 54.0 Å². The molecule has 2 N–H and O–H groups in total. The van der Waals surface area contributed by atoms with E-state index < -0.39 is 0 Å². The van der Waals surface area contributed by atoms with E-state index in [1.165, 1.54) is 16.0 Å². The normalized spacial score (nSPS) is 12.1. The molecule has 0 amide bonds. The second-order valence-corrected chi connectivity index (χ2v) is 6.33. The Morgan fingerprint density at radius 2 is 1.71 bits per heavy atom. The molecule has 21 heavy (non-hydrogen) atoms. The summed E-state index contributed by atoms with van der Waals surface area (Å²) >= 11 is 1.86. The molecule has 0 bridgehead atoms. The van der Waals surface area contributed by atoms with Crippen molar-refractivity contribution in [3.63, 3.8) is 0 Å². The maximum atomic E-state index is 6.29. The second-order valence-electron chi connectivity index (χ2n) is 5.00. The maximum Gasteiger partial charge on any atom is 0.118 e. The minimum atomic E-state index is 0.0905. The summed E-state index contributed by atoms with van der Waals surface area (Å²) in [6.07, 6.45) is 1.93. The molecule has 2 rings (SSSR count). The molecule has 0 saturated carbocycles. The van der Waals surface area contributed by atoms with Gasteiger partial charge >= 0.3 is 0 Å². The first kappa shape index (κ1) is 15.9. The van der Waals surface area contributed by atoms with Gasteiger partial charge < -0.3 is 10.5 Å². The number of aryl methyl sites for hydroxylation is 1. The Morgan fingerprint density at radius 1 is 1.05 bits per heavy atom. The first-order chi connectivity index (χ1) is 10.2. The van der Waals surface area contributed by atoms with E-state index >= 15 is 0 Å². The molecule has 3 heteroatoms. The van der Waals surface area contributed by atoms with E-state index in [1.54, 1.807) is 7.11 Å². The molecule has 0 aliphatic carbocycles. The quantitative estimate of drug-likeness (QED) is 0.768. The molecule has 0 heterocycles. The number of methoxy groups -OCH3 is 1. The molecule has 0 fully saturated rings. The van der Waals surface area contributed by atoms with E-state index in [0.29, 0.717) is 0 Å². The van der Waals surface area contributed by atoms with Gasteiger partial charge in [-0.1, -0.05) is 31.2 Å². The third-order valence-electron chi connectivity index (χ3n) is 3.52. The molecule has 1 unspecified atom stereocenters. The van der Waals surface area contributed by atoms with Crippen molar-refractivity contribution in [2.75, 3.05) is 12.9 Å². The van der Waals surface area contributed by atoms with Crippen LogP contribution >= 0.6 is 11.8 Å². The third-order valence-corrected chi connectivity index (χ3v) is 4.42. The zero-order valence-electron chi connectivity index (χ0n) is 12.7. The summed E-state index contributed by atoms with van der Waals surface area (Å²) < 4.78 is 5.17. The number of nitrogens with two attached hydrogens (primary N) is 1. The van der Waals surface area contributed by atoms with Gasteiger partial charge in [0.2, 0.25) is 0 Å². The van der Waals surface area contributed by atoms with Crippen molar-refractivity contribution in [3.8, 4) is 5.75 Å². The lowest BCUT2D eigenvalue weighted by Crippen LogP contribution is -2.11. The van der Waals surface area contributed by atoms with E-state index in [1.807, 2.05) is 23.9 Å². The average Bonchev–Trinajstić information content (AvgIpc) is 2.54. The first-order valence-corrected chi connectivity index (χ1v) is 8.32. The molecular formula is C18H23NOS. The van der Waals surface area contributed by atoms with Crippen molar-refractivity contribution >= 4 is 11.8 Å². The van der Waals surface area contributed by atoms with Crippen molar-refractivity contribution < 1.29 is 4.74 Å². The van der Waals surface area contributed by atoms with Crippen molar-refractivity contribution in [1.82, 2.24) is 0 Å². The van der Waals surface area contributed by atoms with E-state index in [9.17, 15) is 0 Å². The highest BCUT2D eigenvalue weighted by molar-refractivity contribution is 7.99. The molecule has 2 aromatic carbocycles. The lowest BCUT2D eigenvalue weighted by Gasteiger charge is -2.13. The van der Waals surface area contributed by atoms with Gasteiger partial charge in [-0.15, -0.1) is 11.8 Å². The number of thioether (sulfide) groups is 1. The molecule has 0 aliphatic heterocycles. The molecule has 112 valence electrons. The number of ether oxygens (including phenoxy) is 1. The maximum absolute atomic E-state index is 6.29. The fourth-order valence-corrected chi connectivity index (χ4v) is 2.92. The lowest BCUT2D eigenvalue weighted by molar-refractivity contribution is 0.414. The van der Waals surface area contributed by atoms with Crippen LogP contribution in [0.4, 0.5) is 0 Å². The molecule has 2 nitrogen and oxygen atoms in total. The number of benzene rings is 2. The van der Waals surface area contributed by atoms with Crippen LogP contribution in [-0.2, 0) is 6.42 Å². The predicted molar refractivity (Wildman–Crippen MR) is 91.1 cm³/mol. The lowest BCUT2D eigenvalue weighted by atomic mass is 10.00. The number of rotatable bonds is 7. The van der Waals surface area contributed by atoms with Crippen LogP contribution in [0.1, 0.15) is 30.5 Å². The number of hydrogen-bond donors (Lipinski definition) is 1. The Hall–Kier alpha value is -1.45. The molecule has 0 aromatic heterocycles. The summed E-state index contributed by atoms with van der Waals surface area (Å²) in [7, 11) is 1.69. The van der Waals surface area contributed by atoms with E-state index in [0.717, 1.165) is 24.3 Å². The Balaban J connectivity index is 1.89. The zero-order valence-corrected chi connectivity index (χ0v) is 13.5. The summed E-state index contributed by atoms with van der Waals surface area (Å²) in [5, 5.41) is 0. The molecule has 0 spiro atoms. The van der Waals surface area contributed by atoms with Crippen LogP contribution in [-0.4, -0.2) is 12.9 Å². The minimum absolute atomic E-state index is 0.0905. The van der Waals surface area contributed by atoms with Crippen molar-refractivity contribution in [2.24, 2.45) is 5.73 Å². The SMILES string of the molecule is CCSc1ccc(C(N)CCc2ccc(OC)cc2)cc1. The van der Waals surface area contributed by atoms with Crippen LogP contribution in [0.25, 0.3) is 0 Å². The summed E-state index contributed by atoms with van der Waals surface area (Å²) in [4.78, 5) is 1.31. The molecule has 1 atom stereocenters. The highest BCUT2D eigenvalue weighted by Gasteiger charge is 2.06. The Bertz CT molecular complexity index is 536. The largest absolute Gasteiger partial charge is 0.497 e. The highest BCUT2D eigenvalue weighted by Crippen LogP contribution is 2.22. The minimum Gasteiger partial charge on any atom is -0.497 e. The van der Waals surface area contributed by atoms with Crippen molar-refractivity contribution in [1.29, 1.82) is 0 Å². The summed E-state index contributed by atoms with van der Waals surface area (Å²) in [6, 6.07) is 16.9. The van der Waals surface area contributed by atoms with Gasteiger partial charge in [0.15, 0.2) is 0 Å². The van der Waals surface area contributed by atoms with Gasteiger partial charge in [0, 0.05) is 10.9 Å². The Kier molecular flexibility index (Phi) is 6.15. The van der Waals surface area contributed by atoms with Crippen molar-refractivity contribution in [2.45, 2.75) is 30.7 Å². The summed E-state index contributed by atoms with van der Waals surface area (Å²) in [6.45, 7) is 2.17. The smallest absolute Gasteiger partial charge is 0.118 e. The van der Waals surface area contributed by atoms with Gasteiger partial charge in [0.1, 0.15) is 5.75 Å². The van der Waals surface area contributed by atoms with Gasteiger partial charge in [-0.25, -0.2) is 0 Å². The molecule has 2 aromatic rings. The topological polar surface area (TPSA) is 35.2 Å². The van der Waals surface area contributed by atoms with E-state index in [2.05, 4.69) is 43.3 Å². The molecule has 0 radical (unpaired) electrons. The van der Waals surface area contributed by atoms with Gasteiger partial charge in [-0.2, -0.15) is 0 Å². The van der Waals surface area contributed by atoms with Crippen LogP contribution < -0.4 is 10.5 Å². The zero-order chi connectivity index (χ0) is 15.1. The van der Waals surface area contributed by atoms with E-state index in [-0.39, 0.29) is 6.04 Å². The monoisotopic (exact) mass is 301 g/mol. The fraction of sp³-hybridized carbons (Fsp3) is 0.333. The number of hydrogen-bond acceptors (Lipinski definition) is 3. The van der Waals surface area contributed by atoms with Crippen LogP contribution in [0.5, 0.6) is 5.75 Å². The van der Waals surface area contributed by atoms with E-state index in [4.69, 9.17) is 10.5 Å². The third kappa shape index (κ3) is 4.80. The highest BCUT2D eigenvalue weighted by atomic mass is 32.2. The summed E-state index contributed by atoms with van der Waals surface area (Å²) in [5.74, 6) is 2.00. The van der Waals surface area contributed by atoms with Gasteiger partial charge in [-0.3, -0.25) is 0 Å². The van der Waals surface area contributed by atoms with Gasteiger partial charge in [0.25, 0.3) is 0 Å². The van der Waals surface area contributed by atoms with Crippen LogP contribution in [0.2, 0.25) is 0 Å². The Labute approximate surface area is 131 Å². The second kappa shape index (κ2) is 8.11. The summed E-state index contributed by atoms with van der Waals surface area (Å²) in [5.41, 5.74) is 8.80. The van der Waals surface area contributed by atoms with Crippen LogP contribution in [0.3, 0.4) is 0 Å². The molecular weight excluding hydrogens is 278 g/mol. The van der Waals surface area contributed by atoms with Crippen LogP contribution in [0.15, 0.2) is 53.4 Å². The average molecular weight is 301 g/mol. The standard InChI is InChI=1S/C18H23NOS/c1-3-21-17-11-7-15(8-12-17)18(19)13-6-14-4-9-16(20-2)10-5-14/h4-5,7-12,18H,3,6,13,19H2,1-2H3. The predicted octanol–water partition coefficient (Wildman–Crippen LogP) is 4.44. The Morgan fingerprint density at radius 3 is 2.29 bits per heavy atom. The van der Waals surface area contributed by atoms with Crippen molar-refractivity contribution in [3.05, 3.63) is 59.7 Å². The first-order valence-electron chi connectivity index (χ1n) is 7.34. The molecule has 0 aliphatic rings. The fourth-order valence-electron chi connectivity index (χ4n) is 2.26. The molecule has 0 saturated heterocycles. The van der Waals surface area contributed by atoms with Crippen LogP contribution in [0, 0.1) is 0 Å². The van der Waals surface area contributed by atoms with Gasteiger partial charge in [0.05, 0.1) is 7.11 Å².